The highest BCUT2D eigenvalue weighted by molar-refractivity contribution is 5.95. The Morgan fingerprint density at radius 2 is 2.10 bits per heavy atom. The molecule has 0 radical (unpaired) electrons. The minimum Gasteiger partial charge on any atom is -0.383 e. The van der Waals surface area contributed by atoms with Crippen LogP contribution < -0.4 is 5.32 Å². The lowest BCUT2D eigenvalue weighted by Gasteiger charge is -2.23. The highest BCUT2D eigenvalue weighted by atomic mass is 16.6. The summed E-state index contributed by atoms with van der Waals surface area (Å²) in [6, 6.07) is 7.37. The number of ether oxygens (including phenoxy) is 1. The van der Waals surface area contributed by atoms with Crippen LogP contribution in [0.15, 0.2) is 30.5 Å². The monoisotopic (exact) mass is 289 g/mol. The third kappa shape index (κ3) is 3.28. The number of methoxy groups -OCH3 is 1. The Bertz CT molecular complexity index is 643. The summed E-state index contributed by atoms with van der Waals surface area (Å²) in [5.41, 5.74) is 1.21. The van der Waals surface area contributed by atoms with Crippen molar-refractivity contribution in [2.75, 3.05) is 19.0 Å². The van der Waals surface area contributed by atoms with Gasteiger partial charge in [-0.2, -0.15) is 0 Å². The van der Waals surface area contributed by atoms with Crippen LogP contribution in [0.25, 0.3) is 10.9 Å². The third-order valence-electron chi connectivity index (χ3n) is 3.43. The second kappa shape index (κ2) is 6.49. The number of pyridine rings is 1. The number of fused-ring (bicyclic) bond motifs is 1. The summed E-state index contributed by atoms with van der Waals surface area (Å²) in [4.78, 5) is 15.0. The number of nitrogens with one attached hydrogen (secondary N) is 1. The van der Waals surface area contributed by atoms with E-state index < -0.39 is 4.92 Å². The standard InChI is InChI=1S/C15H19N3O3/c1-10(2)13(9-21-3)17-15-11-6-4-5-7-12(11)16-8-14(15)18(19)20/h4-8,10,13H,9H2,1-3H3,(H,16,17). The first kappa shape index (κ1) is 15.2. The van der Waals surface area contributed by atoms with E-state index in [0.717, 1.165) is 10.9 Å². The molecule has 2 aromatic rings. The van der Waals surface area contributed by atoms with Crippen LogP contribution in [0.3, 0.4) is 0 Å². The van der Waals surface area contributed by atoms with Gasteiger partial charge >= 0.3 is 5.69 Å². The third-order valence-corrected chi connectivity index (χ3v) is 3.43. The van der Waals surface area contributed by atoms with Crippen molar-refractivity contribution in [2.24, 2.45) is 5.92 Å². The van der Waals surface area contributed by atoms with Crippen LogP contribution in [-0.2, 0) is 4.74 Å². The van der Waals surface area contributed by atoms with Crippen molar-refractivity contribution in [2.45, 2.75) is 19.9 Å². The molecule has 0 fully saturated rings. The van der Waals surface area contributed by atoms with Gasteiger partial charge in [0.05, 0.1) is 23.1 Å². The number of benzene rings is 1. The second-order valence-electron chi connectivity index (χ2n) is 5.24. The predicted molar refractivity (Wildman–Crippen MR) is 82.5 cm³/mol. The first-order valence-electron chi connectivity index (χ1n) is 6.82. The summed E-state index contributed by atoms with van der Waals surface area (Å²) in [6.45, 7) is 4.57. The summed E-state index contributed by atoms with van der Waals surface area (Å²) in [6.07, 6.45) is 1.30. The molecule has 0 saturated carbocycles. The SMILES string of the molecule is COCC(Nc1c([N+](=O)[O-])cnc2ccccc12)C(C)C. The Kier molecular flexibility index (Phi) is 4.70. The molecule has 21 heavy (non-hydrogen) atoms. The molecule has 2 rings (SSSR count). The molecule has 0 amide bonds. The molecule has 1 unspecified atom stereocenters. The van der Waals surface area contributed by atoms with Crippen molar-refractivity contribution in [3.8, 4) is 0 Å². The highest BCUT2D eigenvalue weighted by Crippen LogP contribution is 2.32. The molecule has 0 aliphatic rings. The Labute approximate surface area is 123 Å². The van der Waals surface area contributed by atoms with Crippen LogP contribution in [0.4, 0.5) is 11.4 Å². The van der Waals surface area contributed by atoms with Crippen molar-refractivity contribution in [1.82, 2.24) is 4.98 Å². The molecule has 1 aromatic carbocycles. The van der Waals surface area contributed by atoms with E-state index >= 15 is 0 Å². The van der Waals surface area contributed by atoms with Gasteiger partial charge in [0.25, 0.3) is 0 Å². The zero-order valence-electron chi connectivity index (χ0n) is 12.4. The maximum atomic E-state index is 11.3. The average Bonchev–Trinajstić information content (AvgIpc) is 2.46. The number of anilines is 1. The van der Waals surface area contributed by atoms with Crippen LogP contribution in [-0.4, -0.2) is 29.7 Å². The molecule has 6 nitrogen and oxygen atoms in total. The van der Waals surface area contributed by atoms with Crippen LogP contribution in [0, 0.1) is 16.0 Å². The lowest BCUT2D eigenvalue weighted by molar-refractivity contribution is -0.384. The Balaban J connectivity index is 2.53. The van der Waals surface area contributed by atoms with Gasteiger partial charge in [-0.15, -0.1) is 0 Å². The van der Waals surface area contributed by atoms with Gasteiger partial charge in [-0.1, -0.05) is 32.0 Å². The minimum absolute atomic E-state index is 0.0143. The summed E-state index contributed by atoms with van der Waals surface area (Å²) in [5.74, 6) is 0.275. The molecule has 0 bridgehead atoms. The van der Waals surface area contributed by atoms with Gasteiger partial charge in [-0.25, -0.2) is 4.98 Å². The molecular weight excluding hydrogens is 270 g/mol. The van der Waals surface area contributed by atoms with Crippen LogP contribution in [0.5, 0.6) is 0 Å². The van der Waals surface area contributed by atoms with Gasteiger partial charge < -0.3 is 10.1 Å². The lowest BCUT2D eigenvalue weighted by Crippen LogP contribution is -2.30. The molecular formula is C15H19N3O3. The molecule has 0 aliphatic carbocycles. The fourth-order valence-corrected chi connectivity index (χ4v) is 2.19. The molecule has 1 aromatic heterocycles. The number of nitro groups is 1. The number of hydrogen-bond acceptors (Lipinski definition) is 5. The van der Waals surface area contributed by atoms with Gasteiger partial charge in [0.1, 0.15) is 11.9 Å². The van der Waals surface area contributed by atoms with E-state index in [1.54, 1.807) is 7.11 Å². The molecule has 112 valence electrons. The maximum Gasteiger partial charge on any atom is 0.311 e. The summed E-state index contributed by atoms with van der Waals surface area (Å²) < 4.78 is 5.20. The first-order valence-corrected chi connectivity index (χ1v) is 6.82. The number of hydrogen-bond donors (Lipinski definition) is 1. The van der Waals surface area contributed by atoms with Gasteiger partial charge in [0.15, 0.2) is 0 Å². The summed E-state index contributed by atoms with van der Waals surface area (Å²) in [7, 11) is 1.62. The zero-order chi connectivity index (χ0) is 15.4. The van der Waals surface area contributed by atoms with Gasteiger partial charge in [0.2, 0.25) is 0 Å². The number of para-hydroxylation sites is 1. The van der Waals surface area contributed by atoms with E-state index in [2.05, 4.69) is 10.3 Å². The second-order valence-corrected chi connectivity index (χ2v) is 5.24. The maximum absolute atomic E-state index is 11.3. The Morgan fingerprint density at radius 3 is 2.71 bits per heavy atom. The lowest BCUT2D eigenvalue weighted by atomic mass is 10.0. The van der Waals surface area contributed by atoms with Crippen molar-refractivity contribution in [1.29, 1.82) is 0 Å². The Hall–Kier alpha value is -2.21. The fourth-order valence-electron chi connectivity index (χ4n) is 2.19. The topological polar surface area (TPSA) is 77.3 Å². The van der Waals surface area contributed by atoms with E-state index in [9.17, 15) is 10.1 Å². The number of rotatable bonds is 6. The van der Waals surface area contributed by atoms with Gasteiger partial charge in [0, 0.05) is 12.5 Å². The van der Waals surface area contributed by atoms with Crippen LogP contribution in [0.1, 0.15) is 13.8 Å². The van der Waals surface area contributed by atoms with E-state index in [0.29, 0.717) is 12.3 Å². The molecule has 0 aliphatic heterocycles. The van der Waals surface area contributed by atoms with Gasteiger partial charge in [-0.3, -0.25) is 10.1 Å². The van der Waals surface area contributed by atoms with Crippen LogP contribution >= 0.6 is 0 Å². The van der Waals surface area contributed by atoms with Crippen molar-refractivity contribution >= 4 is 22.3 Å². The van der Waals surface area contributed by atoms with Gasteiger partial charge in [-0.05, 0) is 12.0 Å². The van der Waals surface area contributed by atoms with Crippen LogP contribution in [0.2, 0.25) is 0 Å². The number of aromatic nitrogens is 1. The highest BCUT2D eigenvalue weighted by Gasteiger charge is 2.22. The van der Waals surface area contributed by atoms with E-state index in [-0.39, 0.29) is 17.6 Å². The van der Waals surface area contributed by atoms with Crippen molar-refractivity contribution < 1.29 is 9.66 Å². The zero-order valence-corrected chi connectivity index (χ0v) is 12.4. The minimum atomic E-state index is -0.411. The largest absolute Gasteiger partial charge is 0.383 e. The summed E-state index contributed by atoms with van der Waals surface area (Å²) >= 11 is 0. The molecule has 1 heterocycles. The fraction of sp³-hybridized carbons (Fsp3) is 0.400. The predicted octanol–water partition coefficient (Wildman–Crippen LogP) is 3.23. The molecule has 0 saturated heterocycles. The Morgan fingerprint density at radius 1 is 1.38 bits per heavy atom. The van der Waals surface area contributed by atoms with E-state index in [1.807, 2.05) is 38.1 Å². The smallest absolute Gasteiger partial charge is 0.311 e. The first-order chi connectivity index (χ1) is 10.0. The van der Waals surface area contributed by atoms with E-state index in [4.69, 9.17) is 4.74 Å². The molecule has 1 atom stereocenters. The normalized spacial score (nSPS) is 12.6. The molecule has 0 spiro atoms. The average molecular weight is 289 g/mol. The van der Waals surface area contributed by atoms with Crippen molar-refractivity contribution in [3.05, 3.63) is 40.6 Å². The quantitative estimate of drug-likeness (QED) is 0.652. The summed E-state index contributed by atoms with van der Waals surface area (Å²) in [5, 5.41) is 15.3. The van der Waals surface area contributed by atoms with Crippen molar-refractivity contribution in [3.63, 3.8) is 0 Å². The molecule has 6 heteroatoms. The molecule has 1 N–H and O–H groups in total. The number of nitrogens with zero attached hydrogens (tertiary/aromatic N) is 2. The van der Waals surface area contributed by atoms with E-state index in [1.165, 1.54) is 6.20 Å².